The predicted molar refractivity (Wildman–Crippen MR) is 97.3 cm³/mol. The molecule has 5 heteroatoms. The second-order valence-corrected chi connectivity index (χ2v) is 7.15. The normalized spacial score (nSPS) is 18.7. The zero-order valence-electron chi connectivity index (χ0n) is 13.9. The van der Waals surface area contributed by atoms with Crippen molar-refractivity contribution in [1.82, 2.24) is 10.6 Å². The zero-order chi connectivity index (χ0) is 16.9. The van der Waals surface area contributed by atoms with Gasteiger partial charge in [-0.25, -0.2) is 0 Å². The number of piperidine rings is 1. The van der Waals surface area contributed by atoms with Gasteiger partial charge in [0, 0.05) is 6.54 Å². The van der Waals surface area contributed by atoms with Gasteiger partial charge in [0.25, 0.3) is 0 Å². The summed E-state index contributed by atoms with van der Waals surface area (Å²) >= 11 is 12.2. The summed E-state index contributed by atoms with van der Waals surface area (Å²) < 4.78 is 0. The van der Waals surface area contributed by atoms with Gasteiger partial charge in [0.15, 0.2) is 0 Å². The second-order valence-electron chi connectivity index (χ2n) is 6.34. The molecular weight excluding hydrogens is 331 g/mol. The standard InChI is InChI=1S/C18H26Cl2N2O/c1-3-18(4-2,14-7-8-15(19)16(20)10-14)17(23)22-12-13-6-5-9-21-11-13/h7-8,10,13,21H,3-6,9,11-12H2,1-2H3,(H,22,23). The largest absolute Gasteiger partial charge is 0.355 e. The van der Waals surface area contributed by atoms with E-state index in [9.17, 15) is 4.79 Å². The zero-order valence-corrected chi connectivity index (χ0v) is 15.4. The van der Waals surface area contributed by atoms with E-state index < -0.39 is 5.41 Å². The van der Waals surface area contributed by atoms with E-state index in [1.807, 2.05) is 26.0 Å². The average molecular weight is 357 g/mol. The third-order valence-electron chi connectivity index (χ3n) is 5.06. The summed E-state index contributed by atoms with van der Waals surface area (Å²) in [5.74, 6) is 0.611. The summed E-state index contributed by atoms with van der Waals surface area (Å²) in [6.45, 7) is 6.90. The summed E-state index contributed by atoms with van der Waals surface area (Å²) in [5.41, 5.74) is 0.396. The van der Waals surface area contributed by atoms with Crippen molar-refractivity contribution in [3.05, 3.63) is 33.8 Å². The SMILES string of the molecule is CCC(CC)(C(=O)NCC1CCCNC1)c1ccc(Cl)c(Cl)c1. The van der Waals surface area contributed by atoms with Gasteiger partial charge in [0.05, 0.1) is 15.5 Å². The van der Waals surface area contributed by atoms with Crippen molar-refractivity contribution in [2.45, 2.75) is 44.9 Å². The third-order valence-corrected chi connectivity index (χ3v) is 5.80. The minimum Gasteiger partial charge on any atom is -0.355 e. The molecule has 2 rings (SSSR count). The molecule has 2 N–H and O–H groups in total. The van der Waals surface area contributed by atoms with Gasteiger partial charge in [0.2, 0.25) is 5.91 Å². The fourth-order valence-electron chi connectivity index (χ4n) is 3.41. The molecular formula is C18H26Cl2N2O. The lowest BCUT2D eigenvalue weighted by Gasteiger charge is -2.32. The Morgan fingerprint density at radius 1 is 1.30 bits per heavy atom. The number of rotatable bonds is 6. The van der Waals surface area contributed by atoms with E-state index in [0.29, 0.717) is 16.0 Å². The van der Waals surface area contributed by atoms with Crippen molar-refractivity contribution >= 4 is 29.1 Å². The molecule has 1 fully saturated rings. The van der Waals surface area contributed by atoms with Crippen LogP contribution in [-0.4, -0.2) is 25.5 Å². The number of halogens is 2. The molecule has 1 saturated heterocycles. The fourth-order valence-corrected chi connectivity index (χ4v) is 3.71. The molecule has 1 aromatic rings. The van der Waals surface area contributed by atoms with Crippen LogP contribution >= 0.6 is 23.2 Å². The number of hydrogen-bond acceptors (Lipinski definition) is 2. The molecule has 0 saturated carbocycles. The van der Waals surface area contributed by atoms with Crippen LogP contribution < -0.4 is 10.6 Å². The first kappa shape index (κ1) is 18.6. The minimum absolute atomic E-state index is 0.0893. The molecule has 1 aliphatic rings. The minimum atomic E-state index is -0.545. The molecule has 1 aromatic carbocycles. The quantitative estimate of drug-likeness (QED) is 0.802. The van der Waals surface area contributed by atoms with E-state index in [0.717, 1.165) is 38.0 Å². The highest BCUT2D eigenvalue weighted by Gasteiger charge is 2.37. The van der Waals surface area contributed by atoms with E-state index in [1.165, 1.54) is 12.8 Å². The van der Waals surface area contributed by atoms with Crippen LogP contribution in [0.5, 0.6) is 0 Å². The number of nitrogens with one attached hydrogen (secondary N) is 2. The van der Waals surface area contributed by atoms with Gasteiger partial charge < -0.3 is 10.6 Å². The number of hydrogen-bond donors (Lipinski definition) is 2. The second kappa shape index (κ2) is 8.36. The molecule has 3 nitrogen and oxygen atoms in total. The van der Waals surface area contributed by atoms with Crippen LogP contribution in [0.15, 0.2) is 18.2 Å². The molecule has 128 valence electrons. The summed E-state index contributed by atoms with van der Waals surface area (Å²) in [6, 6.07) is 5.53. The summed E-state index contributed by atoms with van der Waals surface area (Å²) in [5, 5.41) is 7.58. The van der Waals surface area contributed by atoms with Gasteiger partial charge in [-0.3, -0.25) is 4.79 Å². The lowest BCUT2D eigenvalue weighted by atomic mass is 9.75. The van der Waals surface area contributed by atoms with E-state index in [1.54, 1.807) is 6.07 Å². The van der Waals surface area contributed by atoms with Gasteiger partial charge >= 0.3 is 0 Å². The molecule has 0 bridgehead atoms. The highest BCUT2D eigenvalue weighted by atomic mass is 35.5. The smallest absolute Gasteiger partial charge is 0.230 e. The first-order valence-corrected chi connectivity index (χ1v) is 9.23. The first-order chi connectivity index (χ1) is 11.0. The van der Waals surface area contributed by atoms with E-state index >= 15 is 0 Å². The molecule has 1 atom stereocenters. The lowest BCUT2D eigenvalue weighted by molar-refractivity contribution is -0.127. The topological polar surface area (TPSA) is 41.1 Å². The molecule has 0 spiro atoms. The van der Waals surface area contributed by atoms with Crippen molar-refractivity contribution in [2.75, 3.05) is 19.6 Å². The fraction of sp³-hybridized carbons (Fsp3) is 0.611. The summed E-state index contributed by atoms with van der Waals surface area (Å²) in [6.07, 6.45) is 3.82. The number of amides is 1. The van der Waals surface area contributed by atoms with Gasteiger partial charge in [-0.15, -0.1) is 0 Å². The van der Waals surface area contributed by atoms with Crippen LogP contribution in [0.1, 0.15) is 45.1 Å². The first-order valence-electron chi connectivity index (χ1n) is 8.48. The van der Waals surface area contributed by atoms with Crippen LogP contribution in [-0.2, 0) is 10.2 Å². The summed E-state index contributed by atoms with van der Waals surface area (Å²) in [4.78, 5) is 13.0. The molecule has 0 aromatic heterocycles. The van der Waals surface area contributed by atoms with Gasteiger partial charge in [-0.2, -0.15) is 0 Å². The van der Waals surface area contributed by atoms with Crippen LogP contribution in [0.4, 0.5) is 0 Å². The monoisotopic (exact) mass is 356 g/mol. The maximum atomic E-state index is 13.0. The van der Waals surface area contributed by atoms with Crippen LogP contribution in [0.3, 0.4) is 0 Å². The highest BCUT2D eigenvalue weighted by molar-refractivity contribution is 6.42. The van der Waals surface area contributed by atoms with Crippen molar-refractivity contribution < 1.29 is 4.79 Å². The maximum Gasteiger partial charge on any atom is 0.230 e. The Morgan fingerprint density at radius 3 is 2.61 bits per heavy atom. The molecule has 23 heavy (non-hydrogen) atoms. The van der Waals surface area contributed by atoms with Gasteiger partial charge in [-0.1, -0.05) is 43.1 Å². The van der Waals surface area contributed by atoms with Crippen LogP contribution in [0, 0.1) is 5.92 Å². The van der Waals surface area contributed by atoms with E-state index in [-0.39, 0.29) is 5.91 Å². The van der Waals surface area contributed by atoms with E-state index in [4.69, 9.17) is 23.2 Å². The molecule has 0 radical (unpaired) electrons. The van der Waals surface area contributed by atoms with Gasteiger partial charge in [-0.05, 0) is 62.4 Å². The Morgan fingerprint density at radius 2 is 2.04 bits per heavy atom. The maximum absolute atomic E-state index is 13.0. The molecule has 0 aliphatic carbocycles. The van der Waals surface area contributed by atoms with Gasteiger partial charge in [0.1, 0.15) is 0 Å². The molecule has 1 aliphatic heterocycles. The predicted octanol–water partition coefficient (Wildman–Crippen LogP) is 4.17. The molecule has 1 heterocycles. The number of carbonyl (C=O) groups excluding carboxylic acids is 1. The Bertz CT molecular complexity index is 538. The van der Waals surface area contributed by atoms with E-state index in [2.05, 4.69) is 10.6 Å². The highest BCUT2D eigenvalue weighted by Crippen LogP contribution is 2.35. The Kier molecular flexibility index (Phi) is 6.75. The van der Waals surface area contributed by atoms with Crippen molar-refractivity contribution in [2.24, 2.45) is 5.92 Å². The Balaban J connectivity index is 2.14. The lowest BCUT2D eigenvalue weighted by Crippen LogP contribution is -2.47. The Labute approximate surface area is 149 Å². The summed E-state index contributed by atoms with van der Waals surface area (Å²) in [7, 11) is 0. The number of benzene rings is 1. The van der Waals surface area contributed by atoms with Crippen LogP contribution in [0.2, 0.25) is 10.0 Å². The van der Waals surface area contributed by atoms with Crippen LogP contribution in [0.25, 0.3) is 0 Å². The van der Waals surface area contributed by atoms with Crippen molar-refractivity contribution in [3.63, 3.8) is 0 Å². The molecule has 1 unspecified atom stereocenters. The average Bonchev–Trinajstić information content (AvgIpc) is 2.58. The van der Waals surface area contributed by atoms with Crippen molar-refractivity contribution in [3.8, 4) is 0 Å². The van der Waals surface area contributed by atoms with Crippen molar-refractivity contribution in [1.29, 1.82) is 0 Å². The Hall–Kier alpha value is -0.770. The number of carbonyl (C=O) groups is 1. The molecule has 1 amide bonds. The third kappa shape index (κ3) is 4.20.